The molecule has 14 heavy (non-hydrogen) atoms. The van der Waals surface area contributed by atoms with E-state index in [2.05, 4.69) is 0 Å². The Morgan fingerprint density at radius 2 is 1.50 bits per heavy atom. The van der Waals surface area contributed by atoms with Crippen LogP contribution in [-0.2, 0) is 14.4 Å². The van der Waals surface area contributed by atoms with E-state index in [0.29, 0.717) is 0 Å². The predicted octanol–water partition coefficient (Wildman–Crippen LogP) is -6.75. The molecule has 0 amide bonds. The third kappa shape index (κ3) is 9.42. The molecule has 4 N–H and O–H groups in total. The van der Waals surface area contributed by atoms with Gasteiger partial charge in [-0.1, -0.05) is 0 Å². The van der Waals surface area contributed by atoms with Crippen molar-refractivity contribution in [3.8, 4) is 0 Å². The Bertz CT molecular complexity index is 174. The van der Waals surface area contributed by atoms with Gasteiger partial charge in [-0.25, -0.2) is 4.79 Å². The van der Waals surface area contributed by atoms with Crippen LogP contribution in [0.15, 0.2) is 0 Å². The standard InChI is InChI=1S/C4H6O6.CH2O2.Na/c5-1(3(7)8)2(6)4(9)10;2-1-3;/h1-2,5-6H,(H,7,8)(H,9,10);1H,(H,2,3);/q;;+1/p-1. The molecule has 0 rings (SSSR count). The van der Waals surface area contributed by atoms with E-state index in [0.717, 1.165) is 0 Å². The Kier molecular flexibility index (Phi) is 14.1. The Morgan fingerprint density at radius 1 is 1.21 bits per heavy atom. The number of hydrogen-bond acceptors (Lipinski definition) is 6. The maximum absolute atomic E-state index is 9.74. The largest absolute Gasteiger partial charge is 1.00 e. The van der Waals surface area contributed by atoms with Crippen LogP contribution in [0, 0.1) is 0 Å². The van der Waals surface area contributed by atoms with Gasteiger partial charge in [-0.05, 0) is 0 Å². The monoisotopic (exact) mass is 218 g/mol. The van der Waals surface area contributed by atoms with Gasteiger partial charge < -0.3 is 30.3 Å². The number of aliphatic carboxylic acids is 2. The van der Waals surface area contributed by atoms with E-state index < -0.39 is 24.1 Å². The van der Waals surface area contributed by atoms with E-state index in [9.17, 15) is 14.7 Å². The fourth-order valence-electron chi connectivity index (χ4n) is 0.264. The van der Waals surface area contributed by atoms with Gasteiger partial charge in [-0.3, -0.25) is 4.79 Å². The van der Waals surface area contributed by atoms with Crippen LogP contribution in [-0.4, -0.2) is 51.0 Å². The van der Waals surface area contributed by atoms with Crippen LogP contribution in [0.4, 0.5) is 0 Å². The molecule has 0 bridgehead atoms. The second-order valence-corrected chi connectivity index (χ2v) is 1.65. The second kappa shape index (κ2) is 10.4. The normalized spacial score (nSPS) is 12.1. The second-order valence-electron chi connectivity index (χ2n) is 1.65. The molecule has 8 nitrogen and oxygen atoms in total. The molecule has 0 aromatic heterocycles. The van der Waals surface area contributed by atoms with Crippen molar-refractivity contribution in [1.29, 1.82) is 0 Å². The van der Waals surface area contributed by atoms with Crippen molar-refractivity contribution in [3.05, 3.63) is 0 Å². The maximum Gasteiger partial charge on any atom is 1.00 e. The summed E-state index contributed by atoms with van der Waals surface area (Å²) in [5.41, 5.74) is 0. The van der Waals surface area contributed by atoms with Crippen LogP contribution < -0.4 is 34.7 Å². The van der Waals surface area contributed by atoms with E-state index in [1.807, 2.05) is 0 Å². The minimum atomic E-state index is -2.38. The van der Waals surface area contributed by atoms with Crippen LogP contribution in [0.3, 0.4) is 0 Å². The van der Waals surface area contributed by atoms with E-state index in [-0.39, 0.29) is 36.0 Å². The van der Waals surface area contributed by atoms with Crippen LogP contribution in [0.25, 0.3) is 0 Å². The summed E-state index contributed by atoms with van der Waals surface area (Å²) in [6, 6.07) is 0. The van der Waals surface area contributed by atoms with E-state index in [1.54, 1.807) is 0 Å². The van der Waals surface area contributed by atoms with Gasteiger partial charge in [0.1, 0.15) is 6.10 Å². The molecule has 0 saturated carbocycles. The molecule has 2 unspecified atom stereocenters. The number of carbonyl (C=O) groups excluding carboxylic acids is 1. The minimum Gasteiger partial charge on any atom is -0.547 e. The Hall–Kier alpha value is -0.670. The van der Waals surface area contributed by atoms with E-state index >= 15 is 0 Å². The van der Waals surface area contributed by atoms with E-state index in [4.69, 9.17) is 25.2 Å². The number of hydrogen-bond donors (Lipinski definition) is 4. The van der Waals surface area contributed by atoms with Gasteiger partial charge in [-0.2, -0.15) is 0 Å². The molecule has 0 aromatic carbocycles. The zero-order valence-corrected chi connectivity index (χ0v) is 9.15. The number of rotatable bonds is 3. The van der Waals surface area contributed by atoms with Crippen molar-refractivity contribution in [3.63, 3.8) is 0 Å². The molecular formula is C5H7NaO8. The minimum absolute atomic E-state index is 0. The molecule has 0 spiro atoms. The zero-order valence-electron chi connectivity index (χ0n) is 7.15. The molecule has 0 saturated heterocycles. The molecule has 9 heteroatoms. The number of carbonyl (C=O) groups is 3. The van der Waals surface area contributed by atoms with Crippen LogP contribution in [0.1, 0.15) is 0 Å². The van der Waals surface area contributed by atoms with Crippen molar-refractivity contribution in [2.45, 2.75) is 12.2 Å². The molecule has 0 heterocycles. The smallest absolute Gasteiger partial charge is 0.547 e. The summed E-state index contributed by atoms with van der Waals surface area (Å²) in [5.74, 6) is -3.83. The zero-order chi connectivity index (χ0) is 11.0. The van der Waals surface area contributed by atoms with E-state index in [1.165, 1.54) is 0 Å². The topological polar surface area (TPSA) is 155 Å². The number of aliphatic hydroxyl groups excluding tert-OH is 2. The summed E-state index contributed by atoms with van der Waals surface area (Å²) in [4.78, 5) is 27.8. The van der Waals surface area contributed by atoms with Gasteiger partial charge in [0.15, 0.2) is 6.10 Å². The Balaban J connectivity index is -0.000000267. The van der Waals surface area contributed by atoms with Crippen molar-refractivity contribution < 1.29 is 69.5 Å². The molecule has 0 aliphatic rings. The molecule has 0 fully saturated rings. The SMILES string of the molecule is O=C([O-])C(O)C(O)C(=O)O.O=CO.[Na+]. The van der Waals surface area contributed by atoms with Crippen molar-refractivity contribution in [2.75, 3.05) is 0 Å². The molecule has 0 radical (unpaired) electrons. The maximum atomic E-state index is 9.74. The van der Waals surface area contributed by atoms with Gasteiger partial charge in [0, 0.05) is 0 Å². The van der Waals surface area contributed by atoms with Crippen molar-refractivity contribution >= 4 is 18.4 Å². The number of carboxylic acid groups (broad SMARTS) is 3. The first-order valence-corrected chi connectivity index (χ1v) is 2.76. The summed E-state index contributed by atoms with van der Waals surface area (Å²) in [5, 5.41) is 41.0. The quantitative estimate of drug-likeness (QED) is 0.269. The summed E-state index contributed by atoms with van der Waals surface area (Å²) >= 11 is 0. The van der Waals surface area contributed by atoms with Gasteiger partial charge in [0.25, 0.3) is 6.47 Å². The number of carboxylic acids is 2. The molecule has 0 aromatic rings. The van der Waals surface area contributed by atoms with Crippen molar-refractivity contribution in [1.82, 2.24) is 0 Å². The van der Waals surface area contributed by atoms with Gasteiger partial charge in [0.05, 0.1) is 5.97 Å². The fourth-order valence-corrected chi connectivity index (χ4v) is 0.264. The molecular weight excluding hydrogens is 211 g/mol. The average Bonchev–Trinajstić information content (AvgIpc) is 2.03. The summed E-state index contributed by atoms with van der Waals surface area (Å²) in [6.07, 6.45) is -4.71. The van der Waals surface area contributed by atoms with Crippen LogP contribution in [0.5, 0.6) is 0 Å². The first-order chi connectivity index (χ1) is 5.88. The van der Waals surface area contributed by atoms with Crippen LogP contribution >= 0.6 is 0 Å². The molecule has 0 aliphatic carbocycles. The fraction of sp³-hybridized carbons (Fsp3) is 0.400. The molecule has 0 aliphatic heterocycles. The third-order valence-electron chi connectivity index (χ3n) is 0.794. The number of aliphatic hydroxyl groups is 2. The molecule has 76 valence electrons. The van der Waals surface area contributed by atoms with Gasteiger partial charge >= 0.3 is 35.5 Å². The Morgan fingerprint density at radius 3 is 1.57 bits per heavy atom. The first kappa shape index (κ1) is 19.0. The molecule has 2 atom stereocenters. The third-order valence-corrected chi connectivity index (χ3v) is 0.794. The Labute approximate surface area is 100 Å². The summed E-state index contributed by atoms with van der Waals surface area (Å²) < 4.78 is 0. The van der Waals surface area contributed by atoms with Crippen molar-refractivity contribution in [2.24, 2.45) is 0 Å². The van der Waals surface area contributed by atoms with Crippen LogP contribution in [0.2, 0.25) is 0 Å². The van der Waals surface area contributed by atoms with Gasteiger partial charge in [0.2, 0.25) is 0 Å². The summed E-state index contributed by atoms with van der Waals surface area (Å²) in [6.45, 7) is -0.250. The summed E-state index contributed by atoms with van der Waals surface area (Å²) in [7, 11) is 0. The average molecular weight is 218 g/mol. The predicted molar refractivity (Wildman–Crippen MR) is 33.3 cm³/mol. The first-order valence-electron chi connectivity index (χ1n) is 2.76. The van der Waals surface area contributed by atoms with Gasteiger partial charge in [-0.15, -0.1) is 0 Å².